The second-order valence-corrected chi connectivity index (χ2v) is 5.53. The van der Waals surface area contributed by atoms with Crippen LogP contribution in [-0.2, 0) is 5.41 Å². The number of halogens is 1. The second kappa shape index (κ2) is 4.67. The SMILES string of the molecule is CC(C)(C1=CC=C(Cl)CN1)c1cccc(=S)[nH]1. The molecule has 2 N–H and O–H groups in total. The first-order chi connectivity index (χ1) is 8.00. The van der Waals surface area contributed by atoms with Gasteiger partial charge in [-0.2, -0.15) is 0 Å². The van der Waals surface area contributed by atoms with Gasteiger partial charge < -0.3 is 10.3 Å². The molecule has 2 heterocycles. The highest BCUT2D eigenvalue weighted by molar-refractivity contribution is 7.71. The van der Waals surface area contributed by atoms with Crippen LogP contribution in [0.4, 0.5) is 0 Å². The Morgan fingerprint density at radius 1 is 1.29 bits per heavy atom. The Kier molecular flexibility index (Phi) is 3.40. The number of pyridine rings is 1. The Labute approximate surface area is 111 Å². The van der Waals surface area contributed by atoms with Crippen molar-refractivity contribution >= 4 is 23.8 Å². The van der Waals surface area contributed by atoms with Crippen LogP contribution in [0, 0.1) is 4.64 Å². The van der Waals surface area contributed by atoms with Gasteiger partial charge in [0.15, 0.2) is 0 Å². The van der Waals surface area contributed by atoms with Crippen molar-refractivity contribution in [3.05, 3.63) is 51.4 Å². The maximum absolute atomic E-state index is 5.93. The van der Waals surface area contributed by atoms with Crippen molar-refractivity contribution in [2.45, 2.75) is 19.3 Å². The van der Waals surface area contributed by atoms with Crippen LogP contribution in [0.5, 0.6) is 0 Å². The average Bonchev–Trinajstić information content (AvgIpc) is 2.29. The van der Waals surface area contributed by atoms with E-state index in [-0.39, 0.29) is 5.41 Å². The molecule has 1 aromatic heterocycles. The highest BCUT2D eigenvalue weighted by Crippen LogP contribution is 2.30. The monoisotopic (exact) mass is 266 g/mol. The first kappa shape index (κ1) is 12.4. The first-order valence-corrected chi connectivity index (χ1v) is 6.29. The van der Waals surface area contributed by atoms with Crippen molar-refractivity contribution in [1.29, 1.82) is 0 Å². The average molecular weight is 267 g/mol. The molecule has 0 amide bonds. The molecular weight excluding hydrogens is 252 g/mol. The van der Waals surface area contributed by atoms with Crippen LogP contribution in [0.2, 0.25) is 0 Å². The van der Waals surface area contributed by atoms with Crippen molar-refractivity contribution in [2.75, 3.05) is 6.54 Å². The van der Waals surface area contributed by atoms with E-state index in [1.807, 2.05) is 24.3 Å². The molecule has 0 saturated heterocycles. The molecule has 0 aromatic carbocycles. The van der Waals surface area contributed by atoms with Crippen molar-refractivity contribution in [1.82, 2.24) is 10.3 Å². The molecule has 0 radical (unpaired) electrons. The molecule has 0 atom stereocenters. The molecule has 0 spiro atoms. The molecule has 0 aliphatic carbocycles. The zero-order valence-corrected chi connectivity index (χ0v) is 11.5. The standard InChI is InChI=1S/C13H15ClN2S/c1-13(2,10-7-6-9(14)8-15-10)11-4-3-5-12(17)16-11/h3-7,15H,8H2,1-2H3,(H,16,17). The summed E-state index contributed by atoms with van der Waals surface area (Å²) >= 11 is 11.1. The van der Waals surface area contributed by atoms with Crippen LogP contribution in [0.25, 0.3) is 0 Å². The summed E-state index contributed by atoms with van der Waals surface area (Å²) in [5.74, 6) is 0. The topological polar surface area (TPSA) is 27.8 Å². The molecule has 4 heteroatoms. The van der Waals surface area contributed by atoms with Gasteiger partial charge in [-0.25, -0.2) is 0 Å². The zero-order valence-electron chi connectivity index (χ0n) is 9.88. The fourth-order valence-corrected chi connectivity index (χ4v) is 2.18. The third kappa shape index (κ3) is 2.61. The van der Waals surface area contributed by atoms with E-state index >= 15 is 0 Å². The van der Waals surface area contributed by atoms with Crippen LogP contribution in [0.3, 0.4) is 0 Å². The van der Waals surface area contributed by atoms with Gasteiger partial charge in [0, 0.05) is 21.8 Å². The fourth-order valence-electron chi connectivity index (χ4n) is 1.86. The molecule has 0 bridgehead atoms. The third-order valence-corrected chi connectivity index (χ3v) is 3.49. The van der Waals surface area contributed by atoms with Gasteiger partial charge in [0.1, 0.15) is 4.64 Å². The number of rotatable bonds is 2. The molecule has 1 aromatic rings. The quantitative estimate of drug-likeness (QED) is 0.800. The van der Waals surface area contributed by atoms with Gasteiger partial charge >= 0.3 is 0 Å². The zero-order chi connectivity index (χ0) is 12.5. The van der Waals surface area contributed by atoms with Crippen LogP contribution >= 0.6 is 23.8 Å². The smallest absolute Gasteiger partial charge is 0.103 e. The lowest BCUT2D eigenvalue weighted by Gasteiger charge is -2.30. The normalized spacial score (nSPS) is 15.9. The highest BCUT2D eigenvalue weighted by atomic mass is 35.5. The Morgan fingerprint density at radius 2 is 2.06 bits per heavy atom. The predicted octanol–water partition coefficient (Wildman–Crippen LogP) is 3.63. The van der Waals surface area contributed by atoms with Crippen LogP contribution in [-0.4, -0.2) is 11.5 Å². The van der Waals surface area contributed by atoms with Crippen LogP contribution < -0.4 is 5.32 Å². The number of allylic oxidation sites excluding steroid dienone is 3. The van der Waals surface area contributed by atoms with Gasteiger partial charge in [0.05, 0.1) is 6.54 Å². The van der Waals surface area contributed by atoms with E-state index in [1.54, 1.807) is 0 Å². The number of nitrogens with one attached hydrogen (secondary N) is 2. The van der Waals surface area contributed by atoms with E-state index in [9.17, 15) is 0 Å². The number of dihydropyridines is 1. The van der Waals surface area contributed by atoms with Crippen LogP contribution in [0.15, 0.2) is 41.1 Å². The highest BCUT2D eigenvalue weighted by Gasteiger charge is 2.27. The second-order valence-electron chi connectivity index (χ2n) is 4.60. The summed E-state index contributed by atoms with van der Waals surface area (Å²) in [5, 5.41) is 4.16. The summed E-state index contributed by atoms with van der Waals surface area (Å²) in [6.45, 7) is 4.99. The van der Waals surface area contributed by atoms with Crippen molar-refractivity contribution in [3.8, 4) is 0 Å². The van der Waals surface area contributed by atoms with Crippen molar-refractivity contribution in [3.63, 3.8) is 0 Å². The summed E-state index contributed by atoms with van der Waals surface area (Å²) in [6.07, 6.45) is 3.96. The molecule has 2 rings (SSSR count). The number of aromatic nitrogens is 1. The number of aromatic amines is 1. The Bertz CT molecular complexity index is 540. The molecule has 0 saturated carbocycles. The molecule has 1 aliphatic rings. The summed E-state index contributed by atoms with van der Waals surface area (Å²) < 4.78 is 0.751. The van der Waals surface area contributed by atoms with Gasteiger partial charge in [-0.05, 0) is 38.1 Å². The molecule has 2 nitrogen and oxygen atoms in total. The molecule has 17 heavy (non-hydrogen) atoms. The number of hydrogen-bond donors (Lipinski definition) is 2. The van der Waals surface area contributed by atoms with Gasteiger partial charge in [-0.1, -0.05) is 29.9 Å². The lowest BCUT2D eigenvalue weighted by molar-refractivity contribution is 0.550. The Hall–Kier alpha value is -1.06. The minimum absolute atomic E-state index is 0.136. The Morgan fingerprint density at radius 3 is 2.65 bits per heavy atom. The summed E-state index contributed by atoms with van der Waals surface area (Å²) in [6, 6.07) is 5.91. The summed E-state index contributed by atoms with van der Waals surface area (Å²) in [7, 11) is 0. The largest absolute Gasteiger partial charge is 0.383 e. The lowest BCUT2D eigenvalue weighted by atomic mass is 9.84. The van der Waals surface area contributed by atoms with E-state index in [1.165, 1.54) is 0 Å². The fraction of sp³-hybridized carbons (Fsp3) is 0.308. The molecule has 90 valence electrons. The van der Waals surface area contributed by atoms with Crippen molar-refractivity contribution < 1.29 is 0 Å². The lowest BCUT2D eigenvalue weighted by Crippen LogP contribution is -2.33. The summed E-state index contributed by atoms with van der Waals surface area (Å²) in [5.41, 5.74) is 2.09. The van der Waals surface area contributed by atoms with Gasteiger partial charge in [-0.15, -0.1) is 0 Å². The minimum Gasteiger partial charge on any atom is -0.383 e. The molecule has 1 aliphatic heterocycles. The maximum Gasteiger partial charge on any atom is 0.103 e. The predicted molar refractivity (Wildman–Crippen MR) is 74.7 cm³/mol. The van der Waals surface area contributed by atoms with Gasteiger partial charge in [0.2, 0.25) is 0 Å². The van der Waals surface area contributed by atoms with E-state index in [4.69, 9.17) is 23.8 Å². The van der Waals surface area contributed by atoms with Crippen LogP contribution in [0.1, 0.15) is 19.5 Å². The third-order valence-electron chi connectivity index (χ3n) is 2.99. The van der Waals surface area contributed by atoms with E-state index in [0.29, 0.717) is 6.54 Å². The summed E-state index contributed by atoms with van der Waals surface area (Å²) in [4.78, 5) is 3.24. The van der Waals surface area contributed by atoms with Gasteiger partial charge in [0.25, 0.3) is 0 Å². The minimum atomic E-state index is -0.136. The maximum atomic E-state index is 5.93. The molecular formula is C13H15ClN2S. The molecule has 0 fully saturated rings. The number of hydrogen-bond acceptors (Lipinski definition) is 2. The first-order valence-electron chi connectivity index (χ1n) is 5.50. The van der Waals surface area contributed by atoms with E-state index in [0.717, 1.165) is 21.1 Å². The Balaban J connectivity index is 2.40. The molecule has 0 unspecified atom stereocenters. The van der Waals surface area contributed by atoms with Crippen molar-refractivity contribution in [2.24, 2.45) is 0 Å². The van der Waals surface area contributed by atoms with E-state index in [2.05, 4.69) is 30.2 Å². The van der Waals surface area contributed by atoms with E-state index < -0.39 is 0 Å². The van der Waals surface area contributed by atoms with Gasteiger partial charge in [-0.3, -0.25) is 0 Å². The number of H-pyrrole nitrogens is 1.